The summed E-state index contributed by atoms with van der Waals surface area (Å²) < 4.78 is 0. The van der Waals surface area contributed by atoms with E-state index in [-0.39, 0.29) is 12.3 Å². The van der Waals surface area contributed by atoms with E-state index in [2.05, 4.69) is 4.98 Å². The third kappa shape index (κ3) is 3.29. The van der Waals surface area contributed by atoms with Crippen molar-refractivity contribution in [1.29, 1.82) is 0 Å². The van der Waals surface area contributed by atoms with Crippen molar-refractivity contribution in [2.75, 3.05) is 7.05 Å². The van der Waals surface area contributed by atoms with Gasteiger partial charge in [0.2, 0.25) is 5.91 Å². The lowest BCUT2D eigenvalue weighted by molar-refractivity contribution is -0.135. The van der Waals surface area contributed by atoms with Gasteiger partial charge in [0, 0.05) is 12.4 Å². The number of aryl methyl sites for hydroxylation is 1. The molecule has 1 fully saturated rings. The number of aromatic nitrogens is 1. The van der Waals surface area contributed by atoms with E-state index >= 15 is 0 Å². The Hall–Kier alpha value is -0.940. The van der Waals surface area contributed by atoms with Crippen molar-refractivity contribution in [3.8, 4) is 0 Å². The second kappa shape index (κ2) is 5.36. The number of thiazole rings is 1. The fourth-order valence-corrected chi connectivity index (χ4v) is 3.04. The predicted octanol–water partition coefficient (Wildman–Crippen LogP) is 2.11. The number of nitrogens with zero attached hydrogens (tertiary/aromatic N) is 2. The first kappa shape index (κ1) is 13.5. The highest BCUT2D eigenvalue weighted by Crippen LogP contribution is 2.32. The molecule has 0 radical (unpaired) electrons. The molecule has 0 saturated heterocycles. The fraction of sp³-hybridized carbons (Fsp3) is 0.692. The van der Waals surface area contributed by atoms with Crippen molar-refractivity contribution in [1.82, 2.24) is 9.88 Å². The minimum Gasteiger partial charge on any atom is -0.389 e. The normalized spacial score (nSPS) is 17.9. The standard InChI is InChI=1S/C13H20N2O2S/c1-10-14-11(9-18-10)8-15(2)12(16)7-13(17)5-3-4-6-13/h9,17H,3-8H2,1-2H3. The molecule has 2 rings (SSSR count). The van der Waals surface area contributed by atoms with Crippen LogP contribution in [0, 0.1) is 6.92 Å². The number of carbonyl (C=O) groups is 1. The van der Waals surface area contributed by atoms with E-state index in [1.54, 1.807) is 23.3 Å². The van der Waals surface area contributed by atoms with Crippen molar-refractivity contribution in [2.24, 2.45) is 0 Å². The van der Waals surface area contributed by atoms with Crippen LogP contribution in [0.5, 0.6) is 0 Å². The van der Waals surface area contributed by atoms with Crippen LogP contribution in [0.4, 0.5) is 0 Å². The first-order valence-corrected chi connectivity index (χ1v) is 7.24. The average Bonchev–Trinajstić information content (AvgIpc) is 2.88. The number of rotatable bonds is 4. The zero-order valence-corrected chi connectivity index (χ0v) is 11.8. The van der Waals surface area contributed by atoms with Gasteiger partial charge in [-0.05, 0) is 19.8 Å². The van der Waals surface area contributed by atoms with E-state index in [9.17, 15) is 9.90 Å². The van der Waals surface area contributed by atoms with Gasteiger partial charge >= 0.3 is 0 Å². The minimum absolute atomic E-state index is 0.00468. The van der Waals surface area contributed by atoms with Gasteiger partial charge in [-0.1, -0.05) is 12.8 Å². The molecule has 0 bridgehead atoms. The number of carbonyl (C=O) groups excluding carboxylic acids is 1. The van der Waals surface area contributed by atoms with Crippen LogP contribution in [0.3, 0.4) is 0 Å². The first-order chi connectivity index (χ1) is 8.48. The Morgan fingerprint density at radius 3 is 2.78 bits per heavy atom. The maximum absolute atomic E-state index is 12.1. The minimum atomic E-state index is -0.761. The lowest BCUT2D eigenvalue weighted by Gasteiger charge is -2.24. The summed E-state index contributed by atoms with van der Waals surface area (Å²) in [5, 5.41) is 13.2. The number of hydrogen-bond donors (Lipinski definition) is 1. The van der Waals surface area contributed by atoms with Crippen LogP contribution in [0.1, 0.15) is 42.8 Å². The Bertz CT molecular complexity index is 424. The summed E-state index contributed by atoms with van der Waals surface area (Å²) in [5.41, 5.74) is 0.162. The lowest BCUT2D eigenvalue weighted by Crippen LogP contribution is -2.35. The molecule has 0 aromatic carbocycles. The highest BCUT2D eigenvalue weighted by Gasteiger charge is 2.34. The topological polar surface area (TPSA) is 53.4 Å². The van der Waals surface area contributed by atoms with Crippen molar-refractivity contribution in [3.05, 3.63) is 16.1 Å². The van der Waals surface area contributed by atoms with Crippen molar-refractivity contribution < 1.29 is 9.90 Å². The smallest absolute Gasteiger partial charge is 0.225 e. The van der Waals surface area contributed by atoms with Crippen LogP contribution in [-0.2, 0) is 11.3 Å². The van der Waals surface area contributed by atoms with Gasteiger partial charge in [-0.25, -0.2) is 4.98 Å². The monoisotopic (exact) mass is 268 g/mol. The number of hydrogen-bond acceptors (Lipinski definition) is 4. The highest BCUT2D eigenvalue weighted by atomic mass is 32.1. The Kier molecular flexibility index (Phi) is 4.02. The summed E-state index contributed by atoms with van der Waals surface area (Å²) >= 11 is 1.59. The Labute approximate surface area is 112 Å². The Morgan fingerprint density at radius 2 is 2.22 bits per heavy atom. The second-order valence-electron chi connectivity index (χ2n) is 5.22. The predicted molar refractivity (Wildman–Crippen MR) is 71.4 cm³/mol. The molecule has 0 unspecified atom stereocenters. The summed E-state index contributed by atoms with van der Waals surface area (Å²) in [4.78, 5) is 18.1. The van der Waals surface area contributed by atoms with E-state index in [4.69, 9.17) is 0 Å². The van der Waals surface area contributed by atoms with Gasteiger partial charge in [0.25, 0.3) is 0 Å². The van der Waals surface area contributed by atoms with E-state index in [0.29, 0.717) is 6.54 Å². The first-order valence-electron chi connectivity index (χ1n) is 6.36. The Balaban J connectivity index is 1.88. The van der Waals surface area contributed by atoms with Crippen LogP contribution >= 0.6 is 11.3 Å². The zero-order valence-electron chi connectivity index (χ0n) is 11.0. The molecule has 100 valence electrons. The SMILES string of the molecule is Cc1nc(CN(C)C(=O)CC2(O)CCCC2)cs1. The average molecular weight is 268 g/mol. The maximum atomic E-state index is 12.1. The molecular weight excluding hydrogens is 248 g/mol. The molecule has 1 N–H and O–H groups in total. The van der Waals surface area contributed by atoms with Gasteiger partial charge in [0.1, 0.15) is 0 Å². The van der Waals surface area contributed by atoms with E-state index in [1.165, 1.54) is 0 Å². The number of aliphatic hydroxyl groups is 1. The molecule has 1 aromatic heterocycles. The van der Waals surface area contributed by atoms with Crippen molar-refractivity contribution in [2.45, 2.75) is 51.2 Å². The summed E-state index contributed by atoms with van der Waals surface area (Å²) in [6, 6.07) is 0. The van der Waals surface area contributed by atoms with Crippen LogP contribution in [0.25, 0.3) is 0 Å². The molecule has 1 aliphatic rings. The van der Waals surface area contributed by atoms with Gasteiger partial charge in [-0.3, -0.25) is 4.79 Å². The van der Waals surface area contributed by atoms with Gasteiger partial charge in [-0.2, -0.15) is 0 Å². The van der Waals surface area contributed by atoms with Gasteiger partial charge < -0.3 is 10.0 Å². The van der Waals surface area contributed by atoms with Crippen molar-refractivity contribution in [3.63, 3.8) is 0 Å². The van der Waals surface area contributed by atoms with E-state index < -0.39 is 5.60 Å². The summed E-state index contributed by atoms with van der Waals surface area (Å²) in [5.74, 6) is 0.00468. The quantitative estimate of drug-likeness (QED) is 0.910. The highest BCUT2D eigenvalue weighted by molar-refractivity contribution is 7.09. The van der Waals surface area contributed by atoms with Crippen LogP contribution < -0.4 is 0 Å². The maximum Gasteiger partial charge on any atom is 0.225 e. The Morgan fingerprint density at radius 1 is 1.56 bits per heavy atom. The summed E-state index contributed by atoms with van der Waals surface area (Å²) in [6.07, 6.45) is 3.80. The molecule has 0 aliphatic heterocycles. The molecule has 1 heterocycles. The van der Waals surface area contributed by atoms with Crippen LogP contribution in [0.15, 0.2) is 5.38 Å². The van der Waals surface area contributed by atoms with Crippen molar-refractivity contribution >= 4 is 17.2 Å². The molecule has 1 amide bonds. The van der Waals surface area contributed by atoms with Gasteiger partial charge in [0.05, 0.1) is 29.3 Å². The van der Waals surface area contributed by atoms with E-state index in [1.807, 2.05) is 12.3 Å². The summed E-state index contributed by atoms with van der Waals surface area (Å²) in [6.45, 7) is 2.48. The lowest BCUT2D eigenvalue weighted by atomic mass is 9.97. The molecule has 1 aliphatic carbocycles. The molecule has 1 aromatic rings. The molecule has 18 heavy (non-hydrogen) atoms. The van der Waals surface area contributed by atoms with Gasteiger partial charge in [-0.15, -0.1) is 11.3 Å². The zero-order chi connectivity index (χ0) is 13.2. The number of amides is 1. The largest absolute Gasteiger partial charge is 0.389 e. The van der Waals surface area contributed by atoms with Crippen LogP contribution in [-0.4, -0.2) is 33.5 Å². The third-order valence-corrected chi connectivity index (χ3v) is 4.33. The molecule has 0 atom stereocenters. The van der Waals surface area contributed by atoms with Crippen LogP contribution in [0.2, 0.25) is 0 Å². The second-order valence-corrected chi connectivity index (χ2v) is 6.28. The molecule has 4 nitrogen and oxygen atoms in total. The summed E-state index contributed by atoms with van der Waals surface area (Å²) in [7, 11) is 1.77. The fourth-order valence-electron chi connectivity index (χ4n) is 2.44. The molecule has 0 spiro atoms. The van der Waals surface area contributed by atoms with E-state index in [0.717, 1.165) is 36.4 Å². The molecular formula is C13H20N2O2S. The molecule has 1 saturated carbocycles. The molecule has 5 heteroatoms. The van der Waals surface area contributed by atoms with Gasteiger partial charge in [0.15, 0.2) is 0 Å². The third-order valence-electron chi connectivity index (χ3n) is 3.51.